The summed E-state index contributed by atoms with van der Waals surface area (Å²) >= 11 is 0. The molecule has 2 unspecified atom stereocenters. The van der Waals surface area contributed by atoms with Crippen molar-refractivity contribution in [2.24, 2.45) is 13.0 Å². The standard InChI is InChI=1S/C15H21N3O3/c1-3-12-11(8-17(2)16-12)14-10(15(20)21)6-7-13(19)18(14)9-4-5-9/h8-10,14H,3-7H2,1-2H3,(H,20,21). The van der Waals surface area contributed by atoms with Crippen molar-refractivity contribution in [3.05, 3.63) is 17.5 Å². The highest BCUT2D eigenvalue weighted by atomic mass is 16.4. The van der Waals surface area contributed by atoms with Gasteiger partial charge in [-0.15, -0.1) is 0 Å². The molecule has 2 aliphatic rings. The molecule has 2 atom stereocenters. The van der Waals surface area contributed by atoms with Gasteiger partial charge in [-0.25, -0.2) is 0 Å². The van der Waals surface area contributed by atoms with E-state index in [9.17, 15) is 14.7 Å². The number of carbonyl (C=O) groups is 2. The third kappa shape index (κ3) is 2.43. The summed E-state index contributed by atoms with van der Waals surface area (Å²) in [6.07, 6.45) is 5.34. The molecule has 0 aromatic carbocycles. The summed E-state index contributed by atoms with van der Waals surface area (Å²) in [7, 11) is 1.84. The number of aliphatic carboxylic acids is 1. The summed E-state index contributed by atoms with van der Waals surface area (Å²) in [5.74, 6) is -1.26. The number of carbonyl (C=O) groups excluding carboxylic acids is 1. The van der Waals surface area contributed by atoms with Crippen LogP contribution in [0.25, 0.3) is 0 Å². The van der Waals surface area contributed by atoms with Crippen LogP contribution in [0.5, 0.6) is 0 Å². The van der Waals surface area contributed by atoms with Gasteiger partial charge in [0.05, 0.1) is 17.7 Å². The Bertz CT molecular complexity index is 577. The molecule has 21 heavy (non-hydrogen) atoms. The molecule has 1 N–H and O–H groups in total. The third-order valence-electron chi connectivity index (χ3n) is 4.49. The molecule has 1 saturated heterocycles. The average molecular weight is 291 g/mol. The largest absolute Gasteiger partial charge is 0.481 e. The lowest BCUT2D eigenvalue weighted by Gasteiger charge is -2.39. The van der Waals surface area contributed by atoms with Crippen molar-refractivity contribution in [2.45, 2.75) is 51.1 Å². The summed E-state index contributed by atoms with van der Waals surface area (Å²) in [6.45, 7) is 2.01. The lowest BCUT2D eigenvalue weighted by Crippen LogP contribution is -2.46. The first kappa shape index (κ1) is 14.1. The van der Waals surface area contributed by atoms with E-state index < -0.39 is 11.9 Å². The van der Waals surface area contributed by atoms with Crippen molar-refractivity contribution in [3.8, 4) is 0 Å². The number of amides is 1. The lowest BCUT2D eigenvalue weighted by atomic mass is 9.84. The number of piperidine rings is 1. The lowest BCUT2D eigenvalue weighted by molar-refractivity contribution is -0.152. The minimum atomic E-state index is -0.816. The van der Waals surface area contributed by atoms with Crippen LogP contribution >= 0.6 is 0 Å². The predicted molar refractivity (Wildman–Crippen MR) is 75.6 cm³/mol. The molecule has 3 rings (SSSR count). The van der Waals surface area contributed by atoms with Crippen LogP contribution in [0.2, 0.25) is 0 Å². The molecule has 114 valence electrons. The summed E-state index contributed by atoms with van der Waals surface area (Å²) in [5, 5.41) is 14.0. The van der Waals surface area contributed by atoms with Crippen LogP contribution in [0, 0.1) is 5.92 Å². The van der Waals surface area contributed by atoms with E-state index in [-0.39, 0.29) is 18.0 Å². The van der Waals surface area contributed by atoms with Gasteiger partial charge >= 0.3 is 5.97 Å². The Labute approximate surface area is 123 Å². The quantitative estimate of drug-likeness (QED) is 0.912. The molecule has 1 aliphatic carbocycles. The first-order valence-corrected chi connectivity index (χ1v) is 7.59. The van der Waals surface area contributed by atoms with E-state index in [0.29, 0.717) is 12.8 Å². The molecular formula is C15H21N3O3. The van der Waals surface area contributed by atoms with Crippen molar-refractivity contribution in [3.63, 3.8) is 0 Å². The van der Waals surface area contributed by atoms with Gasteiger partial charge in [0.15, 0.2) is 0 Å². The number of hydrogen-bond donors (Lipinski definition) is 1. The Balaban J connectivity index is 2.06. The number of likely N-dealkylation sites (tertiary alicyclic amines) is 1. The van der Waals surface area contributed by atoms with Crippen LogP contribution in [-0.2, 0) is 23.1 Å². The van der Waals surface area contributed by atoms with Gasteiger partial charge in [-0.3, -0.25) is 14.3 Å². The zero-order valence-corrected chi connectivity index (χ0v) is 12.5. The molecule has 1 aromatic heterocycles. The Morgan fingerprint density at radius 2 is 2.14 bits per heavy atom. The summed E-state index contributed by atoms with van der Waals surface area (Å²) < 4.78 is 1.72. The zero-order valence-electron chi connectivity index (χ0n) is 12.5. The fourth-order valence-corrected chi connectivity index (χ4v) is 3.40. The Morgan fingerprint density at radius 1 is 1.43 bits per heavy atom. The molecule has 6 nitrogen and oxygen atoms in total. The van der Waals surface area contributed by atoms with E-state index >= 15 is 0 Å². The number of hydrogen-bond acceptors (Lipinski definition) is 3. The van der Waals surface area contributed by atoms with E-state index in [0.717, 1.165) is 30.5 Å². The van der Waals surface area contributed by atoms with Gasteiger partial charge in [0.2, 0.25) is 5.91 Å². The topological polar surface area (TPSA) is 75.4 Å². The Hall–Kier alpha value is -1.85. The smallest absolute Gasteiger partial charge is 0.308 e. The SMILES string of the molecule is CCc1nn(C)cc1C1C(C(=O)O)CCC(=O)N1C1CC1. The van der Waals surface area contributed by atoms with Crippen molar-refractivity contribution >= 4 is 11.9 Å². The van der Waals surface area contributed by atoms with Crippen LogP contribution in [0.15, 0.2) is 6.20 Å². The second kappa shape index (κ2) is 5.16. The highest BCUT2D eigenvalue weighted by molar-refractivity contribution is 5.82. The maximum atomic E-state index is 12.3. The number of aromatic nitrogens is 2. The maximum Gasteiger partial charge on any atom is 0.308 e. The predicted octanol–water partition coefficient (Wildman–Crippen LogP) is 1.51. The Morgan fingerprint density at radius 3 is 2.71 bits per heavy atom. The van der Waals surface area contributed by atoms with Gasteiger partial charge in [0.1, 0.15) is 0 Å². The molecule has 2 heterocycles. The first-order valence-electron chi connectivity index (χ1n) is 7.59. The van der Waals surface area contributed by atoms with Crippen LogP contribution < -0.4 is 0 Å². The van der Waals surface area contributed by atoms with Gasteiger partial charge in [-0.1, -0.05) is 6.92 Å². The second-order valence-corrected chi connectivity index (χ2v) is 6.02. The molecule has 6 heteroatoms. The van der Waals surface area contributed by atoms with Gasteiger partial charge < -0.3 is 10.0 Å². The Kier molecular flexibility index (Phi) is 3.47. The molecule has 1 amide bonds. The number of nitrogens with zero attached hydrogens (tertiary/aromatic N) is 3. The van der Waals surface area contributed by atoms with Gasteiger partial charge in [-0.2, -0.15) is 5.10 Å². The van der Waals surface area contributed by atoms with E-state index in [1.165, 1.54) is 0 Å². The van der Waals surface area contributed by atoms with Crippen molar-refractivity contribution < 1.29 is 14.7 Å². The monoisotopic (exact) mass is 291 g/mol. The summed E-state index contributed by atoms with van der Waals surface area (Å²) in [5.41, 5.74) is 1.81. The van der Waals surface area contributed by atoms with Crippen LogP contribution in [0.4, 0.5) is 0 Å². The fourth-order valence-electron chi connectivity index (χ4n) is 3.40. The second-order valence-electron chi connectivity index (χ2n) is 6.02. The first-order chi connectivity index (χ1) is 10.0. The van der Waals surface area contributed by atoms with Gasteiger partial charge in [0, 0.05) is 31.3 Å². The van der Waals surface area contributed by atoms with Crippen LogP contribution in [0.3, 0.4) is 0 Å². The van der Waals surface area contributed by atoms with E-state index in [4.69, 9.17) is 0 Å². The summed E-state index contributed by atoms with van der Waals surface area (Å²) in [4.78, 5) is 25.8. The summed E-state index contributed by atoms with van der Waals surface area (Å²) in [6, 6.07) is -0.144. The highest BCUT2D eigenvalue weighted by Crippen LogP contribution is 2.44. The molecular weight excluding hydrogens is 270 g/mol. The third-order valence-corrected chi connectivity index (χ3v) is 4.49. The van der Waals surface area contributed by atoms with Crippen molar-refractivity contribution in [1.29, 1.82) is 0 Å². The molecule has 0 spiro atoms. The maximum absolute atomic E-state index is 12.3. The van der Waals surface area contributed by atoms with Crippen molar-refractivity contribution in [1.82, 2.24) is 14.7 Å². The average Bonchev–Trinajstić information content (AvgIpc) is 3.20. The van der Waals surface area contributed by atoms with E-state index in [2.05, 4.69) is 5.10 Å². The molecule has 0 radical (unpaired) electrons. The molecule has 0 bridgehead atoms. The molecule has 1 aliphatic heterocycles. The molecule has 1 saturated carbocycles. The van der Waals surface area contributed by atoms with Crippen LogP contribution in [0.1, 0.15) is 49.9 Å². The minimum Gasteiger partial charge on any atom is -0.481 e. The molecule has 1 aromatic rings. The van der Waals surface area contributed by atoms with E-state index in [1.54, 1.807) is 4.68 Å². The van der Waals surface area contributed by atoms with Crippen LogP contribution in [-0.4, -0.2) is 37.7 Å². The number of rotatable bonds is 4. The number of carboxylic acids is 1. The van der Waals surface area contributed by atoms with Gasteiger partial charge in [0.25, 0.3) is 0 Å². The number of carboxylic acid groups (broad SMARTS) is 1. The fraction of sp³-hybridized carbons (Fsp3) is 0.667. The van der Waals surface area contributed by atoms with Gasteiger partial charge in [-0.05, 0) is 25.7 Å². The van der Waals surface area contributed by atoms with E-state index in [1.807, 2.05) is 25.1 Å². The minimum absolute atomic E-state index is 0.0888. The van der Waals surface area contributed by atoms with Crippen molar-refractivity contribution in [2.75, 3.05) is 0 Å². The normalized spacial score (nSPS) is 26.2. The number of aryl methyl sites for hydroxylation is 2. The zero-order chi connectivity index (χ0) is 15.1. The highest BCUT2D eigenvalue weighted by Gasteiger charge is 2.47. The molecule has 2 fully saturated rings.